The van der Waals surface area contributed by atoms with Gasteiger partial charge >= 0.3 is 5.97 Å². The molecule has 1 fully saturated rings. The highest BCUT2D eigenvalue weighted by molar-refractivity contribution is 5.73. The lowest BCUT2D eigenvalue weighted by atomic mass is 9.81. The highest BCUT2D eigenvalue weighted by atomic mass is 16.5. The van der Waals surface area contributed by atoms with E-state index in [1.54, 1.807) is 0 Å². The maximum atomic E-state index is 12.6. The van der Waals surface area contributed by atoms with Crippen molar-refractivity contribution in [2.45, 2.75) is 78.2 Å². The maximum absolute atomic E-state index is 12.6. The molecule has 0 saturated heterocycles. The molecule has 0 spiro atoms. The van der Waals surface area contributed by atoms with Gasteiger partial charge in [0, 0.05) is 0 Å². The van der Waals surface area contributed by atoms with Gasteiger partial charge in [-0.05, 0) is 88.3 Å². The Morgan fingerprint density at radius 1 is 1.31 bits per heavy atom. The van der Waals surface area contributed by atoms with Gasteiger partial charge in [0.25, 0.3) is 0 Å². The Kier molecular flexibility index (Phi) is 10.4. The molecule has 0 aliphatic heterocycles. The molecule has 0 amide bonds. The van der Waals surface area contributed by atoms with Gasteiger partial charge in [-0.1, -0.05) is 44.9 Å². The van der Waals surface area contributed by atoms with Crippen LogP contribution < -0.4 is 5.32 Å². The Morgan fingerprint density at radius 2 is 2.10 bits per heavy atom. The summed E-state index contributed by atoms with van der Waals surface area (Å²) in [5, 5.41) is 14.2. The second-order valence-electron chi connectivity index (χ2n) is 9.30. The molecule has 0 aromatic carbocycles. The van der Waals surface area contributed by atoms with E-state index in [2.05, 4.69) is 37.4 Å². The van der Waals surface area contributed by atoms with E-state index in [0.717, 1.165) is 32.2 Å². The van der Waals surface area contributed by atoms with E-state index in [1.165, 1.54) is 24.8 Å². The zero-order chi connectivity index (χ0) is 21.2. The molecule has 6 unspecified atom stereocenters. The van der Waals surface area contributed by atoms with Gasteiger partial charge in [0.2, 0.25) is 0 Å². The van der Waals surface area contributed by atoms with Crippen molar-refractivity contribution in [3.8, 4) is 0 Å². The first-order valence-electron chi connectivity index (χ1n) is 11.8. The highest BCUT2D eigenvalue weighted by Gasteiger charge is 2.35. The number of carbonyl (C=O) groups excluding carboxylic acids is 1. The predicted octanol–water partition coefficient (Wildman–Crippen LogP) is 4.88. The fraction of sp³-hybridized carbons (Fsp3) is 0.800. The Bertz CT molecular complexity index is 556. The Balaban J connectivity index is 1.93. The van der Waals surface area contributed by atoms with E-state index >= 15 is 0 Å². The van der Waals surface area contributed by atoms with Crippen molar-refractivity contribution < 1.29 is 14.6 Å². The third kappa shape index (κ3) is 7.57. The monoisotopic (exact) mass is 405 g/mol. The van der Waals surface area contributed by atoms with Gasteiger partial charge in [-0.25, -0.2) is 0 Å². The summed E-state index contributed by atoms with van der Waals surface area (Å²) >= 11 is 0. The molecule has 4 nitrogen and oxygen atoms in total. The van der Waals surface area contributed by atoms with E-state index in [0.29, 0.717) is 30.8 Å². The van der Waals surface area contributed by atoms with Crippen LogP contribution in [0.1, 0.15) is 72.1 Å². The number of rotatable bonds is 10. The molecule has 0 bridgehead atoms. The first-order chi connectivity index (χ1) is 14.0. The lowest BCUT2D eigenvalue weighted by Gasteiger charge is -2.29. The summed E-state index contributed by atoms with van der Waals surface area (Å²) in [6.07, 6.45) is 15.2. The number of hydrogen-bond acceptors (Lipinski definition) is 4. The summed E-state index contributed by atoms with van der Waals surface area (Å²) in [6.45, 7) is 7.38. The number of carbonyl (C=O) groups is 1. The number of allylic oxidation sites excluding steroid dienone is 4. The minimum absolute atomic E-state index is 0.106. The number of esters is 1. The van der Waals surface area contributed by atoms with Crippen LogP contribution in [0.25, 0.3) is 0 Å². The van der Waals surface area contributed by atoms with E-state index in [9.17, 15) is 9.90 Å². The standard InChI is InChI=1S/C25H43NO3/c1-5-29-25(28)24(19(3)15-16-26-4)23(27)17-20-7-6-8-21(14-11-20)22-12-9-18(2)10-13-22/h9,12-13,18-21,23-24,26-27H,5-8,10-11,14-17H2,1-4H3. The van der Waals surface area contributed by atoms with Gasteiger partial charge in [0.15, 0.2) is 0 Å². The fourth-order valence-electron chi connectivity index (χ4n) is 5.04. The van der Waals surface area contributed by atoms with Gasteiger partial charge in [-0.3, -0.25) is 4.79 Å². The SMILES string of the molecule is CCOC(=O)C(C(C)CCNC)C(O)CC1CCCC(C2=CCC(C)C=C2)CC1. The van der Waals surface area contributed by atoms with Crippen molar-refractivity contribution in [3.05, 3.63) is 23.8 Å². The van der Waals surface area contributed by atoms with Crippen LogP contribution in [-0.4, -0.2) is 37.4 Å². The predicted molar refractivity (Wildman–Crippen MR) is 120 cm³/mol. The summed E-state index contributed by atoms with van der Waals surface area (Å²) in [7, 11) is 1.92. The van der Waals surface area contributed by atoms with Crippen LogP contribution in [0.4, 0.5) is 0 Å². The second-order valence-corrected chi connectivity index (χ2v) is 9.30. The molecule has 6 atom stereocenters. The number of nitrogens with one attached hydrogen (secondary N) is 1. The van der Waals surface area contributed by atoms with Crippen LogP contribution in [0.3, 0.4) is 0 Å². The molecule has 2 aliphatic rings. The Labute approximate surface area is 178 Å². The number of aliphatic hydroxyl groups excluding tert-OH is 1. The second kappa shape index (κ2) is 12.5. The zero-order valence-corrected chi connectivity index (χ0v) is 19.0. The van der Waals surface area contributed by atoms with Crippen LogP contribution in [-0.2, 0) is 9.53 Å². The van der Waals surface area contributed by atoms with Gasteiger partial charge in [-0.2, -0.15) is 0 Å². The zero-order valence-electron chi connectivity index (χ0n) is 19.0. The lowest BCUT2D eigenvalue weighted by Crippen LogP contribution is -2.37. The molecule has 1 saturated carbocycles. The summed E-state index contributed by atoms with van der Waals surface area (Å²) < 4.78 is 5.31. The fourth-order valence-corrected chi connectivity index (χ4v) is 5.04. The Morgan fingerprint density at radius 3 is 2.76 bits per heavy atom. The van der Waals surface area contributed by atoms with Crippen molar-refractivity contribution >= 4 is 5.97 Å². The van der Waals surface area contributed by atoms with E-state index < -0.39 is 12.0 Å². The third-order valence-electron chi connectivity index (χ3n) is 6.91. The molecule has 2 N–H and O–H groups in total. The van der Waals surface area contributed by atoms with Gasteiger partial charge in [-0.15, -0.1) is 0 Å². The Hall–Kier alpha value is -1.13. The molecule has 0 radical (unpaired) electrons. The topological polar surface area (TPSA) is 58.6 Å². The van der Waals surface area contributed by atoms with Gasteiger partial charge in [0.05, 0.1) is 18.6 Å². The average molecular weight is 406 g/mol. The number of ether oxygens (including phenoxy) is 1. The van der Waals surface area contributed by atoms with E-state index in [1.807, 2.05) is 14.0 Å². The summed E-state index contributed by atoms with van der Waals surface area (Å²) in [4.78, 5) is 12.6. The molecule has 0 heterocycles. The van der Waals surface area contributed by atoms with Crippen LogP contribution >= 0.6 is 0 Å². The van der Waals surface area contributed by atoms with E-state index in [-0.39, 0.29) is 11.9 Å². The van der Waals surface area contributed by atoms with Crippen LogP contribution in [0.2, 0.25) is 0 Å². The molecule has 4 heteroatoms. The minimum Gasteiger partial charge on any atom is -0.466 e. The molecule has 0 aromatic rings. The van der Waals surface area contributed by atoms with Crippen molar-refractivity contribution in [2.75, 3.05) is 20.2 Å². The lowest BCUT2D eigenvalue weighted by molar-refractivity contribution is -0.155. The van der Waals surface area contributed by atoms with Crippen LogP contribution in [0.5, 0.6) is 0 Å². The largest absolute Gasteiger partial charge is 0.466 e. The molecular formula is C25H43NO3. The molecule has 166 valence electrons. The average Bonchev–Trinajstić information content (AvgIpc) is 2.93. The first kappa shape index (κ1) is 24.1. The van der Waals surface area contributed by atoms with Crippen LogP contribution in [0.15, 0.2) is 23.8 Å². The van der Waals surface area contributed by atoms with Gasteiger partial charge in [0.1, 0.15) is 0 Å². The number of aliphatic hydroxyl groups is 1. The molecule has 29 heavy (non-hydrogen) atoms. The third-order valence-corrected chi connectivity index (χ3v) is 6.91. The van der Waals surface area contributed by atoms with Crippen molar-refractivity contribution in [3.63, 3.8) is 0 Å². The van der Waals surface area contributed by atoms with Crippen molar-refractivity contribution in [2.24, 2.45) is 29.6 Å². The smallest absolute Gasteiger partial charge is 0.311 e. The van der Waals surface area contributed by atoms with Crippen LogP contribution in [0, 0.1) is 29.6 Å². The number of hydrogen-bond donors (Lipinski definition) is 2. The summed E-state index contributed by atoms with van der Waals surface area (Å²) in [6, 6.07) is 0. The maximum Gasteiger partial charge on any atom is 0.311 e. The summed E-state index contributed by atoms with van der Waals surface area (Å²) in [5.41, 5.74) is 1.52. The van der Waals surface area contributed by atoms with E-state index in [4.69, 9.17) is 4.74 Å². The van der Waals surface area contributed by atoms with Gasteiger partial charge < -0.3 is 15.2 Å². The first-order valence-corrected chi connectivity index (χ1v) is 11.8. The van der Waals surface area contributed by atoms with Crippen molar-refractivity contribution in [1.29, 1.82) is 0 Å². The van der Waals surface area contributed by atoms with Crippen molar-refractivity contribution in [1.82, 2.24) is 5.32 Å². The highest BCUT2D eigenvalue weighted by Crippen LogP contribution is 2.37. The molecule has 2 aliphatic carbocycles. The summed E-state index contributed by atoms with van der Waals surface area (Å²) in [5.74, 6) is 1.27. The molecule has 0 aromatic heterocycles. The molecule has 2 rings (SSSR count). The normalized spacial score (nSPS) is 28.2. The quantitative estimate of drug-likeness (QED) is 0.402. The molecular weight excluding hydrogens is 362 g/mol. The minimum atomic E-state index is -0.614.